The third kappa shape index (κ3) is 2.81. The topological polar surface area (TPSA) is 21.5 Å². The minimum Gasteiger partial charge on any atom is -0.497 e. The van der Waals surface area contributed by atoms with Crippen LogP contribution in [0.3, 0.4) is 0 Å². The number of benzene rings is 2. The van der Waals surface area contributed by atoms with E-state index >= 15 is 0 Å². The molecule has 0 aromatic heterocycles. The van der Waals surface area contributed by atoms with Gasteiger partial charge in [0.15, 0.2) is 6.21 Å². The van der Waals surface area contributed by atoms with Gasteiger partial charge in [0.1, 0.15) is 11.5 Å². The van der Waals surface area contributed by atoms with E-state index in [2.05, 4.69) is 42.0 Å². The molecule has 29 heavy (non-hydrogen) atoms. The van der Waals surface area contributed by atoms with Crippen LogP contribution < -0.4 is 9.47 Å². The van der Waals surface area contributed by atoms with Gasteiger partial charge in [0.2, 0.25) is 5.69 Å². The first-order chi connectivity index (χ1) is 14.1. The Morgan fingerprint density at radius 3 is 2.24 bits per heavy atom. The minimum atomic E-state index is 0.362. The van der Waals surface area contributed by atoms with Gasteiger partial charge in [-0.3, -0.25) is 0 Å². The summed E-state index contributed by atoms with van der Waals surface area (Å²) >= 11 is 0. The Morgan fingerprint density at radius 2 is 1.62 bits per heavy atom. The van der Waals surface area contributed by atoms with Crippen molar-refractivity contribution in [2.75, 3.05) is 13.8 Å². The van der Waals surface area contributed by atoms with E-state index < -0.39 is 0 Å². The van der Waals surface area contributed by atoms with Gasteiger partial charge >= 0.3 is 0 Å². The van der Waals surface area contributed by atoms with Crippen LogP contribution in [0.15, 0.2) is 36.4 Å². The molecule has 4 aliphatic carbocycles. The smallest absolute Gasteiger partial charge is 0.292 e. The van der Waals surface area contributed by atoms with Gasteiger partial charge in [-0.05, 0) is 92.4 Å². The number of nitrogens with zero attached hydrogens (tertiary/aromatic N) is 1. The molecule has 1 aliphatic heterocycles. The lowest BCUT2D eigenvalue weighted by Crippen LogP contribution is -2.48. The summed E-state index contributed by atoms with van der Waals surface area (Å²) in [5, 5.41) is 0. The van der Waals surface area contributed by atoms with Gasteiger partial charge in [-0.2, -0.15) is 4.58 Å². The highest BCUT2D eigenvalue weighted by atomic mass is 16.5. The molecule has 0 atom stereocenters. The lowest BCUT2D eigenvalue weighted by molar-refractivity contribution is -0.476. The molecule has 0 spiro atoms. The maximum atomic E-state index is 6.49. The fourth-order valence-corrected chi connectivity index (χ4v) is 7.15. The third-order valence-electron chi connectivity index (χ3n) is 7.92. The second kappa shape index (κ2) is 6.35. The van der Waals surface area contributed by atoms with Gasteiger partial charge in [0.25, 0.3) is 6.73 Å². The predicted molar refractivity (Wildman–Crippen MR) is 115 cm³/mol. The van der Waals surface area contributed by atoms with E-state index in [4.69, 9.17) is 9.47 Å². The van der Waals surface area contributed by atoms with E-state index in [1.54, 1.807) is 7.11 Å². The molecular formula is C26H30NO2+. The first kappa shape index (κ1) is 17.6. The molecule has 2 aromatic rings. The highest BCUT2D eigenvalue weighted by molar-refractivity contribution is 5.83. The maximum Gasteiger partial charge on any atom is 0.292 e. The van der Waals surface area contributed by atoms with Crippen LogP contribution in [-0.4, -0.2) is 24.6 Å². The maximum absolute atomic E-state index is 6.49. The van der Waals surface area contributed by atoms with Crippen LogP contribution in [0.25, 0.3) is 0 Å². The van der Waals surface area contributed by atoms with Gasteiger partial charge in [0.05, 0.1) is 12.7 Å². The van der Waals surface area contributed by atoms with Crippen LogP contribution in [0.1, 0.15) is 55.2 Å². The molecule has 5 aliphatic rings. The van der Waals surface area contributed by atoms with Crippen molar-refractivity contribution in [1.29, 1.82) is 0 Å². The standard InChI is InChI=1S/C26H30NO2/c1-17-7-21-15-27(22-3-5-23(28-2)6-4-22)16-29-25(21)24(8-17)26-12-18-9-19(13-26)11-20(10-18)14-26/h3-8,15,18-20H,9-14,16H2,1-2H3/q+1. The predicted octanol–water partition coefficient (Wildman–Crippen LogP) is 5.58. The highest BCUT2D eigenvalue weighted by Gasteiger charge is 2.53. The molecule has 4 fully saturated rings. The first-order valence-electron chi connectivity index (χ1n) is 11.2. The first-order valence-corrected chi connectivity index (χ1v) is 11.2. The second-order valence-corrected chi connectivity index (χ2v) is 10.00. The van der Waals surface area contributed by atoms with Gasteiger partial charge < -0.3 is 9.47 Å². The van der Waals surface area contributed by atoms with E-state index in [0.717, 1.165) is 34.9 Å². The van der Waals surface area contributed by atoms with Crippen molar-refractivity contribution in [3.8, 4) is 11.5 Å². The Kier molecular flexibility index (Phi) is 3.85. The minimum absolute atomic E-state index is 0.362. The largest absolute Gasteiger partial charge is 0.497 e. The van der Waals surface area contributed by atoms with E-state index in [1.165, 1.54) is 55.2 Å². The quantitative estimate of drug-likeness (QED) is 0.640. The molecule has 0 radical (unpaired) electrons. The Balaban J connectivity index is 1.41. The summed E-state index contributed by atoms with van der Waals surface area (Å²) in [6, 6.07) is 12.9. The van der Waals surface area contributed by atoms with Crippen LogP contribution in [0.5, 0.6) is 11.5 Å². The van der Waals surface area contributed by atoms with Crippen molar-refractivity contribution < 1.29 is 14.0 Å². The zero-order valence-electron chi connectivity index (χ0n) is 17.5. The van der Waals surface area contributed by atoms with Crippen molar-refractivity contribution in [3.63, 3.8) is 0 Å². The lowest BCUT2D eigenvalue weighted by atomic mass is 9.48. The molecule has 1 heterocycles. The SMILES string of the molecule is COc1ccc([N+]2=Cc3cc(C)cc(C45CC6CC(CC(C6)C4)C5)c3OC2)cc1. The molecule has 0 saturated heterocycles. The summed E-state index contributed by atoms with van der Waals surface area (Å²) in [5.74, 6) is 4.87. The number of aryl methyl sites for hydroxylation is 1. The van der Waals surface area contributed by atoms with Crippen LogP contribution in [0.2, 0.25) is 0 Å². The number of rotatable bonds is 3. The highest BCUT2D eigenvalue weighted by Crippen LogP contribution is 2.62. The summed E-state index contributed by atoms with van der Waals surface area (Å²) < 4.78 is 14.0. The van der Waals surface area contributed by atoms with Gasteiger partial charge in [-0.15, -0.1) is 0 Å². The molecule has 150 valence electrons. The molecule has 7 rings (SSSR count). The Hall–Kier alpha value is -2.29. The molecule has 0 N–H and O–H groups in total. The van der Waals surface area contributed by atoms with Crippen LogP contribution in [-0.2, 0) is 5.41 Å². The lowest BCUT2D eigenvalue weighted by Gasteiger charge is -2.57. The van der Waals surface area contributed by atoms with Gasteiger partial charge in [-0.25, -0.2) is 0 Å². The Morgan fingerprint density at radius 1 is 0.966 bits per heavy atom. The van der Waals surface area contributed by atoms with E-state index in [9.17, 15) is 0 Å². The average molecular weight is 389 g/mol. The van der Waals surface area contributed by atoms with Crippen LogP contribution >= 0.6 is 0 Å². The molecule has 4 saturated carbocycles. The van der Waals surface area contributed by atoms with Crippen molar-refractivity contribution in [1.82, 2.24) is 0 Å². The zero-order chi connectivity index (χ0) is 19.6. The van der Waals surface area contributed by atoms with Gasteiger partial charge in [-0.1, -0.05) is 6.07 Å². The monoisotopic (exact) mass is 388 g/mol. The van der Waals surface area contributed by atoms with Crippen molar-refractivity contribution >= 4 is 11.9 Å². The zero-order valence-corrected chi connectivity index (χ0v) is 17.5. The van der Waals surface area contributed by atoms with E-state index in [-0.39, 0.29) is 0 Å². The van der Waals surface area contributed by atoms with E-state index in [0.29, 0.717) is 12.1 Å². The summed E-state index contributed by atoms with van der Waals surface area (Å²) in [5.41, 5.74) is 5.59. The molecular weight excluding hydrogens is 358 g/mol. The number of fused-ring (bicyclic) bond motifs is 1. The summed E-state index contributed by atoms with van der Waals surface area (Å²) in [6.07, 6.45) is 10.8. The Labute approximate surface area is 173 Å². The average Bonchev–Trinajstić information content (AvgIpc) is 2.72. The van der Waals surface area contributed by atoms with Crippen molar-refractivity contribution in [3.05, 3.63) is 53.1 Å². The summed E-state index contributed by atoms with van der Waals surface area (Å²) in [6.45, 7) is 2.81. The molecule has 2 aromatic carbocycles. The van der Waals surface area contributed by atoms with Crippen molar-refractivity contribution in [2.45, 2.75) is 50.9 Å². The third-order valence-corrected chi connectivity index (χ3v) is 7.92. The molecule has 3 heteroatoms. The second-order valence-electron chi connectivity index (χ2n) is 10.00. The van der Waals surface area contributed by atoms with E-state index in [1.807, 2.05) is 12.1 Å². The molecule has 0 unspecified atom stereocenters. The molecule has 3 nitrogen and oxygen atoms in total. The molecule has 0 amide bonds. The number of hydrogen-bond acceptors (Lipinski definition) is 2. The molecule has 4 bridgehead atoms. The number of hydrogen-bond donors (Lipinski definition) is 0. The number of methoxy groups -OCH3 is 1. The Bertz CT molecular complexity index is 953. The van der Waals surface area contributed by atoms with Gasteiger partial charge in [0, 0.05) is 17.7 Å². The number of ether oxygens (including phenoxy) is 2. The van der Waals surface area contributed by atoms with Crippen LogP contribution in [0.4, 0.5) is 5.69 Å². The fraction of sp³-hybridized carbons (Fsp3) is 0.500. The fourth-order valence-electron chi connectivity index (χ4n) is 7.15. The summed E-state index contributed by atoms with van der Waals surface area (Å²) in [4.78, 5) is 0. The van der Waals surface area contributed by atoms with Crippen molar-refractivity contribution in [2.24, 2.45) is 17.8 Å². The van der Waals surface area contributed by atoms with Crippen LogP contribution in [0, 0.1) is 24.7 Å². The summed E-state index contributed by atoms with van der Waals surface area (Å²) in [7, 11) is 1.70. The normalized spacial score (nSPS) is 31.8.